The number of nitrogens with zero attached hydrogens (tertiary/aromatic N) is 1. The van der Waals surface area contributed by atoms with Gasteiger partial charge in [0.15, 0.2) is 0 Å². The number of fused-ring (bicyclic) bond motifs is 1. The van der Waals surface area contributed by atoms with Gasteiger partial charge in [0.25, 0.3) is 0 Å². The topological polar surface area (TPSA) is 24.9 Å². The Balaban J connectivity index is 0.000000293. The van der Waals surface area contributed by atoms with Crippen LogP contribution in [0.5, 0.6) is 0 Å². The summed E-state index contributed by atoms with van der Waals surface area (Å²) < 4.78 is 0. The summed E-state index contributed by atoms with van der Waals surface area (Å²) in [6, 6.07) is 0. The van der Waals surface area contributed by atoms with Gasteiger partial charge in [0.1, 0.15) is 0 Å². The molecule has 14 heavy (non-hydrogen) atoms. The van der Waals surface area contributed by atoms with Crippen molar-refractivity contribution in [1.82, 2.24) is 10.3 Å². The first-order valence-corrected chi connectivity index (χ1v) is 6.02. The molecule has 0 saturated carbocycles. The second-order valence-electron chi connectivity index (χ2n) is 3.95. The molecule has 0 aliphatic heterocycles. The summed E-state index contributed by atoms with van der Waals surface area (Å²) in [5.41, 5.74) is 1.38. The maximum absolute atomic E-state index is 4.50. The molecule has 0 saturated heterocycles. The van der Waals surface area contributed by atoms with Crippen LogP contribution in [0.4, 0.5) is 0 Å². The summed E-state index contributed by atoms with van der Waals surface area (Å²) in [4.78, 5) is 6.05. The van der Waals surface area contributed by atoms with Crippen molar-refractivity contribution in [2.24, 2.45) is 5.92 Å². The van der Waals surface area contributed by atoms with Crippen LogP contribution in [0, 0.1) is 12.8 Å². The van der Waals surface area contributed by atoms with Gasteiger partial charge in [0, 0.05) is 4.88 Å². The Morgan fingerprint density at radius 3 is 2.71 bits per heavy atom. The molecule has 1 N–H and O–H groups in total. The van der Waals surface area contributed by atoms with E-state index in [0.717, 1.165) is 5.92 Å². The summed E-state index contributed by atoms with van der Waals surface area (Å²) in [6.07, 6.45) is 3.80. The van der Waals surface area contributed by atoms with E-state index in [4.69, 9.17) is 0 Å². The first-order chi connectivity index (χ1) is 6.67. The lowest BCUT2D eigenvalue weighted by molar-refractivity contribution is 0.501. The summed E-state index contributed by atoms with van der Waals surface area (Å²) in [5.74, 6) is 0.877. The second kappa shape index (κ2) is 5.47. The number of hydrogen-bond donors (Lipinski definition) is 1. The van der Waals surface area contributed by atoms with Crippen molar-refractivity contribution < 1.29 is 0 Å². The van der Waals surface area contributed by atoms with Gasteiger partial charge in [0.05, 0.1) is 10.7 Å². The highest BCUT2D eigenvalue weighted by molar-refractivity contribution is 7.11. The molecule has 0 aromatic carbocycles. The Kier molecular flexibility index (Phi) is 4.55. The smallest absolute Gasteiger partial charge is 0.0900 e. The summed E-state index contributed by atoms with van der Waals surface area (Å²) in [6.45, 7) is 4.44. The maximum atomic E-state index is 4.50. The van der Waals surface area contributed by atoms with Crippen molar-refractivity contribution >= 4 is 11.3 Å². The van der Waals surface area contributed by atoms with Gasteiger partial charge in [-0.25, -0.2) is 4.98 Å². The zero-order chi connectivity index (χ0) is 10.6. The minimum absolute atomic E-state index is 0.877. The van der Waals surface area contributed by atoms with Gasteiger partial charge in [-0.1, -0.05) is 6.92 Å². The maximum Gasteiger partial charge on any atom is 0.0900 e. The Hall–Kier alpha value is -0.410. The zero-order valence-corrected chi connectivity index (χ0v) is 10.4. The van der Waals surface area contributed by atoms with Gasteiger partial charge in [-0.3, -0.25) is 0 Å². The molecule has 1 aromatic heterocycles. The van der Waals surface area contributed by atoms with Crippen molar-refractivity contribution in [1.29, 1.82) is 0 Å². The molecule has 0 bridgehead atoms. The van der Waals surface area contributed by atoms with Crippen LogP contribution in [-0.2, 0) is 12.8 Å². The molecule has 2 rings (SSSR count). The van der Waals surface area contributed by atoms with Crippen molar-refractivity contribution in [2.45, 2.75) is 33.1 Å². The number of aryl methyl sites for hydroxylation is 2. The molecule has 1 aliphatic rings. The monoisotopic (exact) mass is 212 g/mol. The summed E-state index contributed by atoms with van der Waals surface area (Å²) >= 11 is 1.88. The van der Waals surface area contributed by atoms with Gasteiger partial charge in [0.2, 0.25) is 0 Å². The predicted molar refractivity (Wildman–Crippen MR) is 63.0 cm³/mol. The van der Waals surface area contributed by atoms with E-state index in [0.29, 0.717) is 0 Å². The van der Waals surface area contributed by atoms with E-state index in [-0.39, 0.29) is 0 Å². The average Bonchev–Trinajstić information content (AvgIpc) is 2.45. The standard InChI is InChI=1S/C9H13NS.C2H7N/c1-6-3-4-8-9(5-6)11-7(2)10-8;1-3-2/h6H,3-5H2,1-2H3;3H,1-2H3. The Bertz CT molecular complexity index is 281. The minimum Gasteiger partial charge on any atom is -0.323 e. The third-order valence-corrected chi connectivity index (χ3v) is 3.33. The first kappa shape index (κ1) is 11.7. The van der Waals surface area contributed by atoms with Crippen LogP contribution in [0.15, 0.2) is 0 Å². The van der Waals surface area contributed by atoms with E-state index in [9.17, 15) is 0 Å². The summed E-state index contributed by atoms with van der Waals surface area (Å²) in [5, 5.41) is 3.99. The normalized spacial score (nSPS) is 19.6. The average molecular weight is 212 g/mol. The molecule has 1 atom stereocenters. The van der Waals surface area contributed by atoms with E-state index < -0.39 is 0 Å². The minimum atomic E-state index is 0.877. The molecule has 0 spiro atoms. The highest BCUT2D eigenvalue weighted by Crippen LogP contribution is 2.28. The highest BCUT2D eigenvalue weighted by Gasteiger charge is 2.17. The van der Waals surface area contributed by atoms with E-state index in [1.54, 1.807) is 4.88 Å². The number of thiazole rings is 1. The lowest BCUT2D eigenvalue weighted by atomic mass is 9.93. The third kappa shape index (κ3) is 3.07. The SMILES string of the molecule is CNC.Cc1nc2c(s1)CC(C)CC2. The quantitative estimate of drug-likeness (QED) is 0.714. The van der Waals surface area contributed by atoms with Crippen molar-refractivity contribution in [3.63, 3.8) is 0 Å². The number of aromatic nitrogens is 1. The lowest BCUT2D eigenvalue weighted by Crippen LogP contribution is -2.09. The molecule has 1 unspecified atom stereocenters. The molecule has 1 aliphatic carbocycles. The largest absolute Gasteiger partial charge is 0.323 e. The van der Waals surface area contributed by atoms with Crippen LogP contribution < -0.4 is 5.32 Å². The van der Waals surface area contributed by atoms with E-state index in [2.05, 4.69) is 24.1 Å². The number of nitrogens with one attached hydrogen (secondary N) is 1. The molecule has 1 aromatic rings. The fraction of sp³-hybridized carbons (Fsp3) is 0.727. The Morgan fingerprint density at radius 1 is 1.43 bits per heavy atom. The molecular weight excluding hydrogens is 192 g/mol. The van der Waals surface area contributed by atoms with Crippen molar-refractivity contribution in [3.05, 3.63) is 15.6 Å². The predicted octanol–water partition coefficient (Wildman–Crippen LogP) is 2.41. The van der Waals surface area contributed by atoms with Crippen LogP contribution >= 0.6 is 11.3 Å². The third-order valence-electron chi connectivity index (χ3n) is 2.29. The van der Waals surface area contributed by atoms with Gasteiger partial charge in [-0.05, 0) is 46.2 Å². The van der Waals surface area contributed by atoms with Gasteiger partial charge >= 0.3 is 0 Å². The molecular formula is C11H20N2S. The van der Waals surface area contributed by atoms with Gasteiger partial charge in [-0.2, -0.15) is 0 Å². The molecule has 0 radical (unpaired) electrons. The van der Waals surface area contributed by atoms with Crippen LogP contribution in [0.1, 0.15) is 28.9 Å². The Labute approximate surface area is 90.8 Å². The number of rotatable bonds is 0. The van der Waals surface area contributed by atoms with Gasteiger partial charge < -0.3 is 5.32 Å². The summed E-state index contributed by atoms with van der Waals surface area (Å²) in [7, 11) is 3.75. The second-order valence-corrected chi connectivity index (χ2v) is 5.24. The highest BCUT2D eigenvalue weighted by atomic mass is 32.1. The molecule has 2 nitrogen and oxygen atoms in total. The molecule has 80 valence electrons. The van der Waals surface area contributed by atoms with E-state index in [1.807, 2.05) is 25.4 Å². The van der Waals surface area contributed by atoms with Crippen LogP contribution in [0.3, 0.4) is 0 Å². The fourth-order valence-corrected chi connectivity index (χ4v) is 2.81. The van der Waals surface area contributed by atoms with Gasteiger partial charge in [-0.15, -0.1) is 11.3 Å². The fourth-order valence-electron chi connectivity index (χ4n) is 1.67. The van der Waals surface area contributed by atoms with Crippen molar-refractivity contribution in [3.8, 4) is 0 Å². The molecule has 1 heterocycles. The molecule has 0 fully saturated rings. The number of hydrogen-bond acceptors (Lipinski definition) is 3. The zero-order valence-electron chi connectivity index (χ0n) is 9.55. The van der Waals surface area contributed by atoms with E-state index >= 15 is 0 Å². The van der Waals surface area contributed by atoms with E-state index in [1.165, 1.54) is 30.0 Å². The van der Waals surface area contributed by atoms with Crippen molar-refractivity contribution in [2.75, 3.05) is 14.1 Å². The first-order valence-electron chi connectivity index (χ1n) is 5.21. The molecule has 3 heteroatoms. The van der Waals surface area contributed by atoms with Crippen LogP contribution in [-0.4, -0.2) is 19.1 Å². The Morgan fingerprint density at radius 2 is 2.07 bits per heavy atom. The van der Waals surface area contributed by atoms with Crippen LogP contribution in [0.25, 0.3) is 0 Å². The lowest BCUT2D eigenvalue weighted by Gasteiger charge is -2.15. The van der Waals surface area contributed by atoms with Crippen LogP contribution in [0.2, 0.25) is 0 Å². The molecule has 0 amide bonds.